The van der Waals surface area contributed by atoms with Crippen LogP contribution in [-0.4, -0.2) is 23.9 Å². The number of hydrogen-bond acceptors (Lipinski definition) is 3. The molecule has 19 heavy (non-hydrogen) atoms. The molecule has 1 fully saturated rings. The van der Waals surface area contributed by atoms with E-state index in [0.29, 0.717) is 19.5 Å². The summed E-state index contributed by atoms with van der Waals surface area (Å²) in [4.78, 5) is 15.6. The fraction of sp³-hybridized carbons (Fsp3) is 0.643. The van der Waals surface area contributed by atoms with Gasteiger partial charge in [0.25, 0.3) is 0 Å². The Hall–Kier alpha value is -0.390. The average molecular weight is 345 g/mol. The molecule has 1 aliphatic carbocycles. The minimum atomic E-state index is 0.0978. The second-order valence-electron chi connectivity index (χ2n) is 5.35. The van der Waals surface area contributed by atoms with Crippen LogP contribution in [0.2, 0.25) is 0 Å². The number of carbonyl (C=O) groups is 1. The highest BCUT2D eigenvalue weighted by Crippen LogP contribution is 2.43. The van der Waals surface area contributed by atoms with Gasteiger partial charge in [0.1, 0.15) is 0 Å². The molecule has 0 spiro atoms. The maximum absolute atomic E-state index is 12.4. The summed E-state index contributed by atoms with van der Waals surface area (Å²) in [6.45, 7) is 4.15. The van der Waals surface area contributed by atoms with Gasteiger partial charge in [-0.3, -0.25) is 4.79 Å². The van der Waals surface area contributed by atoms with E-state index in [1.165, 1.54) is 11.3 Å². The topological polar surface area (TPSA) is 46.3 Å². The maximum atomic E-state index is 12.4. The number of amides is 1. The zero-order chi connectivity index (χ0) is 13.9. The van der Waals surface area contributed by atoms with E-state index in [1.54, 1.807) is 11.3 Å². The first-order chi connectivity index (χ1) is 9.08. The molecule has 1 aromatic heterocycles. The molecule has 1 heterocycles. The van der Waals surface area contributed by atoms with Crippen molar-refractivity contribution in [3.8, 4) is 0 Å². The maximum Gasteiger partial charge on any atom is 0.223 e. The predicted octanol–water partition coefficient (Wildman–Crippen LogP) is 3.38. The van der Waals surface area contributed by atoms with E-state index in [2.05, 4.69) is 22.0 Å². The van der Waals surface area contributed by atoms with Crippen LogP contribution in [0.15, 0.2) is 15.9 Å². The number of halogens is 1. The molecule has 1 amide bonds. The lowest BCUT2D eigenvalue weighted by atomic mass is 9.66. The van der Waals surface area contributed by atoms with E-state index in [9.17, 15) is 4.79 Å². The lowest BCUT2D eigenvalue weighted by molar-refractivity contribution is -0.135. The number of carbonyl (C=O) groups excluding carboxylic acids is 1. The predicted molar refractivity (Wildman–Crippen MR) is 83.1 cm³/mol. The van der Waals surface area contributed by atoms with Crippen molar-refractivity contribution >= 4 is 33.2 Å². The fourth-order valence-corrected chi connectivity index (χ4v) is 4.06. The quantitative estimate of drug-likeness (QED) is 0.859. The first kappa shape index (κ1) is 15.0. The fourth-order valence-electron chi connectivity index (χ4n) is 2.56. The number of hydrogen-bond donors (Lipinski definition) is 1. The van der Waals surface area contributed by atoms with E-state index >= 15 is 0 Å². The van der Waals surface area contributed by atoms with Crippen LogP contribution in [0.3, 0.4) is 0 Å². The highest BCUT2D eigenvalue weighted by atomic mass is 79.9. The van der Waals surface area contributed by atoms with Crippen LogP contribution >= 0.6 is 27.3 Å². The van der Waals surface area contributed by atoms with Gasteiger partial charge >= 0.3 is 0 Å². The third-order valence-electron chi connectivity index (χ3n) is 4.08. The number of thiophene rings is 1. The van der Waals surface area contributed by atoms with Crippen molar-refractivity contribution in [2.45, 2.75) is 39.2 Å². The summed E-state index contributed by atoms with van der Waals surface area (Å²) in [7, 11) is 0. The van der Waals surface area contributed by atoms with Crippen LogP contribution in [0.1, 0.15) is 37.5 Å². The molecule has 2 rings (SSSR count). The summed E-state index contributed by atoms with van der Waals surface area (Å²) in [5.41, 5.74) is 5.94. The summed E-state index contributed by atoms with van der Waals surface area (Å²) in [5.74, 6) is 0.247. The smallest absolute Gasteiger partial charge is 0.223 e. The molecule has 0 aromatic carbocycles. The molecule has 0 atom stereocenters. The van der Waals surface area contributed by atoms with Gasteiger partial charge in [-0.25, -0.2) is 0 Å². The summed E-state index contributed by atoms with van der Waals surface area (Å²) in [6, 6.07) is 4.11. The van der Waals surface area contributed by atoms with Gasteiger partial charge in [-0.1, -0.05) is 6.42 Å². The Balaban J connectivity index is 1.95. The summed E-state index contributed by atoms with van der Waals surface area (Å²) < 4.78 is 1.11. The van der Waals surface area contributed by atoms with Crippen LogP contribution in [0.4, 0.5) is 0 Å². The van der Waals surface area contributed by atoms with E-state index in [1.807, 2.05) is 17.9 Å². The number of nitrogens with two attached hydrogens (primary N) is 1. The van der Waals surface area contributed by atoms with Crippen LogP contribution in [-0.2, 0) is 11.3 Å². The third-order valence-corrected chi connectivity index (χ3v) is 5.69. The van der Waals surface area contributed by atoms with Crippen molar-refractivity contribution in [3.05, 3.63) is 20.8 Å². The molecule has 0 unspecified atom stereocenters. The molecular formula is C14H21BrN2OS. The zero-order valence-corrected chi connectivity index (χ0v) is 13.7. The van der Waals surface area contributed by atoms with E-state index in [4.69, 9.17) is 5.73 Å². The molecule has 0 radical (unpaired) electrons. The molecular weight excluding hydrogens is 324 g/mol. The second-order valence-corrected chi connectivity index (χ2v) is 7.90. The summed E-state index contributed by atoms with van der Waals surface area (Å²) >= 11 is 5.15. The van der Waals surface area contributed by atoms with Crippen LogP contribution in [0, 0.1) is 5.41 Å². The van der Waals surface area contributed by atoms with Crippen LogP contribution < -0.4 is 5.73 Å². The summed E-state index contributed by atoms with van der Waals surface area (Å²) in [5, 5.41) is 0. The van der Waals surface area contributed by atoms with E-state index in [-0.39, 0.29) is 11.3 Å². The molecule has 0 aliphatic heterocycles. The van der Waals surface area contributed by atoms with Gasteiger partial charge in [0.05, 0.1) is 10.3 Å². The van der Waals surface area contributed by atoms with Gasteiger partial charge < -0.3 is 10.6 Å². The monoisotopic (exact) mass is 344 g/mol. The van der Waals surface area contributed by atoms with Gasteiger partial charge in [-0.2, -0.15) is 0 Å². The van der Waals surface area contributed by atoms with E-state index in [0.717, 1.165) is 23.2 Å². The normalized spacial score (nSPS) is 17.0. The second kappa shape index (κ2) is 6.37. The zero-order valence-electron chi connectivity index (χ0n) is 11.3. The molecule has 0 saturated heterocycles. The van der Waals surface area contributed by atoms with Gasteiger partial charge in [-0.05, 0) is 59.8 Å². The minimum Gasteiger partial charge on any atom is -0.338 e. The highest BCUT2D eigenvalue weighted by molar-refractivity contribution is 9.11. The van der Waals surface area contributed by atoms with Gasteiger partial charge in [0, 0.05) is 17.8 Å². The molecule has 1 saturated carbocycles. The highest BCUT2D eigenvalue weighted by Gasteiger charge is 2.38. The molecule has 1 aromatic rings. The first-order valence-corrected chi connectivity index (χ1v) is 8.41. The lowest BCUT2D eigenvalue weighted by Gasteiger charge is -2.41. The standard InChI is InChI=1S/C14H21BrN2OS/c1-2-17(9-11-4-5-12(15)19-11)13(18)8-14(10-16)6-3-7-14/h4-5H,2-3,6-10,16H2,1H3. The average Bonchev–Trinajstić information content (AvgIpc) is 2.76. The molecule has 0 bridgehead atoms. The third kappa shape index (κ3) is 3.58. The lowest BCUT2D eigenvalue weighted by Crippen LogP contribution is -2.43. The minimum absolute atomic E-state index is 0.0978. The molecule has 2 N–H and O–H groups in total. The Labute approximate surface area is 127 Å². The Morgan fingerprint density at radius 2 is 2.26 bits per heavy atom. The van der Waals surface area contributed by atoms with Crippen molar-refractivity contribution in [3.63, 3.8) is 0 Å². The van der Waals surface area contributed by atoms with Crippen molar-refractivity contribution in [1.82, 2.24) is 4.90 Å². The van der Waals surface area contributed by atoms with E-state index < -0.39 is 0 Å². The van der Waals surface area contributed by atoms with Crippen molar-refractivity contribution in [1.29, 1.82) is 0 Å². The SMILES string of the molecule is CCN(Cc1ccc(Br)s1)C(=O)CC1(CN)CCC1. The molecule has 1 aliphatic rings. The van der Waals surface area contributed by atoms with Gasteiger partial charge in [-0.15, -0.1) is 11.3 Å². The molecule has 5 heteroatoms. The van der Waals surface area contributed by atoms with Gasteiger partial charge in [0.2, 0.25) is 5.91 Å². The van der Waals surface area contributed by atoms with Crippen LogP contribution in [0.25, 0.3) is 0 Å². The Kier molecular flexibility index (Phi) is 5.03. The number of rotatable bonds is 6. The van der Waals surface area contributed by atoms with Crippen molar-refractivity contribution < 1.29 is 4.79 Å². The van der Waals surface area contributed by atoms with Crippen LogP contribution in [0.5, 0.6) is 0 Å². The first-order valence-electron chi connectivity index (χ1n) is 6.80. The molecule has 106 valence electrons. The summed E-state index contributed by atoms with van der Waals surface area (Å²) in [6.07, 6.45) is 4.05. The van der Waals surface area contributed by atoms with Gasteiger partial charge in [0.15, 0.2) is 0 Å². The Bertz CT molecular complexity index is 437. The number of nitrogens with zero attached hydrogens (tertiary/aromatic N) is 1. The Morgan fingerprint density at radius 1 is 1.53 bits per heavy atom. The van der Waals surface area contributed by atoms with Crippen molar-refractivity contribution in [2.24, 2.45) is 11.1 Å². The molecule has 3 nitrogen and oxygen atoms in total. The Morgan fingerprint density at radius 3 is 2.68 bits per heavy atom. The largest absolute Gasteiger partial charge is 0.338 e. The van der Waals surface area contributed by atoms with Crippen molar-refractivity contribution in [2.75, 3.05) is 13.1 Å².